The lowest BCUT2D eigenvalue weighted by Gasteiger charge is -2.23. The number of nitrogens with one attached hydrogen (secondary N) is 1. The molecule has 1 amide bonds. The third-order valence-corrected chi connectivity index (χ3v) is 7.77. The molecule has 1 aliphatic rings. The number of hydrogen-bond donors (Lipinski definition) is 1. The summed E-state index contributed by atoms with van der Waals surface area (Å²) in [6, 6.07) is 14.1. The van der Waals surface area contributed by atoms with Gasteiger partial charge >= 0.3 is 0 Å². The van der Waals surface area contributed by atoms with E-state index in [9.17, 15) is 14.0 Å². The molecule has 3 aromatic heterocycles. The smallest absolute Gasteiger partial charge is 0.254 e. The van der Waals surface area contributed by atoms with Crippen molar-refractivity contribution in [2.24, 2.45) is 5.92 Å². The maximum absolute atomic E-state index is 14.3. The third-order valence-electron chi connectivity index (χ3n) is 7.36. The highest BCUT2D eigenvalue weighted by Crippen LogP contribution is 2.33. The lowest BCUT2D eigenvalue weighted by atomic mass is 9.94. The quantitative estimate of drug-likeness (QED) is 0.257. The van der Waals surface area contributed by atoms with Gasteiger partial charge in [0.15, 0.2) is 5.15 Å². The lowest BCUT2D eigenvalue weighted by Crippen LogP contribution is -2.26. The van der Waals surface area contributed by atoms with Gasteiger partial charge in [0, 0.05) is 34.3 Å². The number of nitrogens with zero attached hydrogens (tertiary/aromatic N) is 6. The summed E-state index contributed by atoms with van der Waals surface area (Å²) in [5.74, 6) is -0.903. The average Bonchev–Trinajstić information content (AvgIpc) is 3.41. The fourth-order valence-corrected chi connectivity index (χ4v) is 5.47. The van der Waals surface area contributed by atoms with Gasteiger partial charge in [0.25, 0.3) is 5.56 Å². The first-order chi connectivity index (χ1) is 20.3. The first-order valence-electron chi connectivity index (χ1n) is 13.3. The Morgan fingerprint density at radius 1 is 0.952 bits per heavy atom. The second-order valence-corrected chi connectivity index (χ2v) is 11.0. The number of amides is 1. The molecule has 0 radical (unpaired) electrons. The molecule has 6 rings (SSSR count). The molecule has 1 aliphatic heterocycles. The zero-order valence-corrected chi connectivity index (χ0v) is 23.8. The summed E-state index contributed by atoms with van der Waals surface area (Å²) in [5, 5.41) is 11.5. The summed E-state index contributed by atoms with van der Waals surface area (Å²) in [4.78, 5) is 35.7. The van der Waals surface area contributed by atoms with Crippen LogP contribution in [0.2, 0.25) is 10.2 Å². The van der Waals surface area contributed by atoms with Crippen LogP contribution >= 0.6 is 23.2 Å². The van der Waals surface area contributed by atoms with Crippen molar-refractivity contribution in [1.82, 2.24) is 29.5 Å². The monoisotopic (exact) mass is 603 g/mol. The standard InChI is InChI=1S/C30H24Cl2FN7O2/c1-17-3-2-4-26(18-9-10-34-24(11-18)21-13-20(33)6-7-23(21)36-30(17)42)39-16-35-25(14-29(39)41)22-12-19(31)5-8-27(22)40-15-28(32)37-38-40/h5-17,26H,2-4H2,1H3,(H,36,42)/t17-,26+/m1/s1. The molecule has 42 heavy (non-hydrogen) atoms. The molecule has 0 saturated carbocycles. The first kappa shape index (κ1) is 27.7. The van der Waals surface area contributed by atoms with Gasteiger partial charge in [-0.3, -0.25) is 19.1 Å². The highest BCUT2D eigenvalue weighted by atomic mass is 35.5. The van der Waals surface area contributed by atoms with E-state index in [1.54, 1.807) is 35.2 Å². The second kappa shape index (κ2) is 11.5. The van der Waals surface area contributed by atoms with E-state index < -0.39 is 11.9 Å². The van der Waals surface area contributed by atoms with Gasteiger partial charge in [-0.1, -0.05) is 41.8 Å². The Hall–Kier alpha value is -4.41. The number of fused-ring (bicyclic) bond motifs is 4. The van der Waals surface area contributed by atoms with Crippen LogP contribution in [0.1, 0.15) is 37.8 Å². The van der Waals surface area contributed by atoms with Gasteiger partial charge in [0.1, 0.15) is 5.82 Å². The maximum Gasteiger partial charge on any atom is 0.254 e. The average molecular weight is 604 g/mol. The molecular weight excluding hydrogens is 580 g/mol. The summed E-state index contributed by atoms with van der Waals surface area (Å²) >= 11 is 12.3. The van der Waals surface area contributed by atoms with Gasteiger partial charge < -0.3 is 5.32 Å². The molecule has 0 unspecified atom stereocenters. The summed E-state index contributed by atoms with van der Waals surface area (Å²) in [6.07, 6.45) is 6.52. The van der Waals surface area contributed by atoms with Crippen LogP contribution in [0.4, 0.5) is 10.1 Å². The molecule has 4 heterocycles. The van der Waals surface area contributed by atoms with Crippen molar-refractivity contribution in [2.75, 3.05) is 5.32 Å². The predicted octanol–water partition coefficient (Wildman–Crippen LogP) is 6.35. The van der Waals surface area contributed by atoms with Gasteiger partial charge in [-0.2, -0.15) is 0 Å². The minimum Gasteiger partial charge on any atom is -0.325 e. The zero-order chi connectivity index (χ0) is 29.4. The minimum atomic E-state index is -0.448. The predicted molar refractivity (Wildman–Crippen MR) is 158 cm³/mol. The molecule has 0 saturated heterocycles. The lowest BCUT2D eigenvalue weighted by molar-refractivity contribution is -0.119. The molecule has 2 aromatic carbocycles. The van der Waals surface area contributed by atoms with Gasteiger partial charge in [0.05, 0.1) is 41.3 Å². The van der Waals surface area contributed by atoms with Crippen LogP contribution in [0.15, 0.2) is 78.1 Å². The van der Waals surface area contributed by atoms with Crippen molar-refractivity contribution in [3.05, 3.63) is 105 Å². The van der Waals surface area contributed by atoms with E-state index in [1.165, 1.54) is 35.3 Å². The fraction of sp³-hybridized carbons (Fsp3) is 0.200. The van der Waals surface area contributed by atoms with Crippen LogP contribution in [0.3, 0.4) is 0 Å². The second-order valence-electron chi connectivity index (χ2n) is 10.2. The molecule has 2 atom stereocenters. The molecule has 12 heteroatoms. The van der Waals surface area contributed by atoms with Crippen molar-refractivity contribution in [2.45, 2.75) is 32.2 Å². The number of halogens is 3. The van der Waals surface area contributed by atoms with Crippen molar-refractivity contribution >= 4 is 34.8 Å². The summed E-state index contributed by atoms with van der Waals surface area (Å²) in [7, 11) is 0. The molecule has 0 aliphatic carbocycles. The number of hydrogen-bond acceptors (Lipinski definition) is 6. The number of pyridine rings is 1. The zero-order valence-electron chi connectivity index (χ0n) is 22.3. The van der Waals surface area contributed by atoms with Gasteiger partial charge in [0.2, 0.25) is 5.91 Å². The Morgan fingerprint density at radius 3 is 2.57 bits per heavy atom. The number of carbonyl (C=O) groups is 1. The van der Waals surface area contributed by atoms with E-state index in [0.717, 1.165) is 5.56 Å². The van der Waals surface area contributed by atoms with Crippen LogP contribution in [0.25, 0.3) is 28.2 Å². The van der Waals surface area contributed by atoms with Crippen LogP contribution in [0.5, 0.6) is 0 Å². The Kier molecular flexibility index (Phi) is 7.57. The van der Waals surface area contributed by atoms with E-state index in [0.29, 0.717) is 58.2 Å². The van der Waals surface area contributed by atoms with Crippen molar-refractivity contribution in [1.29, 1.82) is 0 Å². The maximum atomic E-state index is 14.3. The van der Waals surface area contributed by atoms with E-state index in [4.69, 9.17) is 23.2 Å². The summed E-state index contributed by atoms with van der Waals surface area (Å²) in [5.41, 5.74) is 3.53. The van der Waals surface area contributed by atoms with Crippen molar-refractivity contribution in [3.8, 4) is 28.2 Å². The Balaban J connectivity index is 1.44. The number of carbonyl (C=O) groups excluding carboxylic acids is 1. The number of aromatic nitrogens is 6. The molecule has 212 valence electrons. The van der Waals surface area contributed by atoms with Crippen LogP contribution in [-0.4, -0.2) is 35.4 Å². The highest BCUT2D eigenvalue weighted by Gasteiger charge is 2.23. The summed E-state index contributed by atoms with van der Waals surface area (Å²) < 4.78 is 17.4. The number of benzene rings is 2. The molecule has 0 fully saturated rings. The van der Waals surface area contributed by atoms with Crippen LogP contribution < -0.4 is 10.9 Å². The molecule has 9 nitrogen and oxygen atoms in total. The van der Waals surface area contributed by atoms with Crippen LogP contribution in [-0.2, 0) is 4.79 Å². The topological polar surface area (TPSA) is 108 Å². The number of rotatable bonds is 3. The highest BCUT2D eigenvalue weighted by molar-refractivity contribution is 6.31. The normalized spacial score (nSPS) is 17.1. The van der Waals surface area contributed by atoms with E-state index >= 15 is 0 Å². The Bertz CT molecular complexity index is 1870. The van der Waals surface area contributed by atoms with Crippen molar-refractivity contribution < 1.29 is 9.18 Å². The van der Waals surface area contributed by atoms with Gasteiger partial charge in [-0.05, 0) is 66.9 Å². The van der Waals surface area contributed by atoms with E-state index in [-0.39, 0.29) is 22.5 Å². The number of anilines is 1. The van der Waals surface area contributed by atoms with Gasteiger partial charge in [-0.25, -0.2) is 14.1 Å². The summed E-state index contributed by atoms with van der Waals surface area (Å²) in [6.45, 7) is 1.85. The first-order valence-corrected chi connectivity index (χ1v) is 14.1. The molecule has 0 spiro atoms. The largest absolute Gasteiger partial charge is 0.325 e. The van der Waals surface area contributed by atoms with Crippen LogP contribution in [0, 0.1) is 11.7 Å². The van der Waals surface area contributed by atoms with E-state index in [1.807, 2.05) is 19.1 Å². The molecule has 2 bridgehead atoms. The van der Waals surface area contributed by atoms with Gasteiger partial charge in [-0.15, -0.1) is 5.10 Å². The fourth-order valence-electron chi connectivity index (χ4n) is 5.18. The van der Waals surface area contributed by atoms with E-state index in [2.05, 4.69) is 25.6 Å². The minimum absolute atomic E-state index is 0.162. The molecule has 1 N–H and O–H groups in total. The third kappa shape index (κ3) is 5.55. The Labute approximate surface area is 250 Å². The SMILES string of the molecule is C[C@@H]1CCC[C@H](n2cnc(-c3cc(Cl)ccc3-n3cc(Cl)nn3)cc2=O)c2ccnc(c2)-c2cc(F)ccc2NC1=O. The van der Waals surface area contributed by atoms with Crippen molar-refractivity contribution in [3.63, 3.8) is 0 Å². The molecular formula is C30H24Cl2FN7O2. The molecule has 5 aromatic rings. The Morgan fingerprint density at radius 2 is 1.79 bits per heavy atom.